The molecule has 3 aromatic rings. The molecule has 11 heteroatoms. The summed E-state index contributed by atoms with van der Waals surface area (Å²) in [6, 6.07) is 12.1. The average molecular weight is 533 g/mol. The third kappa shape index (κ3) is 6.51. The molecule has 0 saturated carbocycles. The van der Waals surface area contributed by atoms with Gasteiger partial charge in [-0.25, -0.2) is 0 Å². The van der Waals surface area contributed by atoms with Gasteiger partial charge in [-0.3, -0.25) is 14.5 Å². The summed E-state index contributed by atoms with van der Waals surface area (Å²) >= 11 is 11.2. The van der Waals surface area contributed by atoms with Crippen molar-refractivity contribution in [2.45, 2.75) is 29.9 Å². The van der Waals surface area contributed by atoms with E-state index in [1.807, 2.05) is 35.7 Å². The molecule has 1 saturated heterocycles. The number of anilines is 1. The Labute approximate surface area is 213 Å². The molecular formula is C22H20N4O2S5. The van der Waals surface area contributed by atoms with Crippen LogP contribution in [0.25, 0.3) is 6.08 Å². The molecule has 2 aromatic heterocycles. The highest BCUT2D eigenvalue weighted by atomic mass is 32.2. The molecule has 0 spiro atoms. The van der Waals surface area contributed by atoms with Gasteiger partial charge in [0.15, 0.2) is 4.34 Å². The second-order valence-electron chi connectivity index (χ2n) is 7.09. The molecule has 1 aliphatic heterocycles. The fourth-order valence-electron chi connectivity index (χ4n) is 3.01. The number of benzene rings is 1. The molecule has 0 bridgehead atoms. The molecule has 1 fully saturated rings. The van der Waals surface area contributed by atoms with E-state index in [0.29, 0.717) is 27.3 Å². The summed E-state index contributed by atoms with van der Waals surface area (Å²) in [4.78, 5) is 28.2. The van der Waals surface area contributed by atoms with Crippen molar-refractivity contribution in [2.24, 2.45) is 0 Å². The lowest BCUT2D eigenvalue weighted by Crippen LogP contribution is -2.29. The molecule has 0 atom stereocenters. The van der Waals surface area contributed by atoms with E-state index in [1.54, 1.807) is 28.0 Å². The van der Waals surface area contributed by atoms with Gasteiger partial charge in [-0.2, -0.15) is 0 Å². The number of carbonyl (C=O) groups excluding carboxylic acids is 2. The van der Waals surface area contributed by atoms with E-state index in [0.717, 1.165) is 15.0 Å². The molecule has 2 amide bonds. The summed E-state index contributed by atoms with van der Waals surface area (Å²) in [5.41, 5.74) is 2.50. The number of hydrogen-bond donors (Lipinski definition) is 1. The fraction of sp³-hybridized carbons (Fsp3) is 0.227. The number of thioether (sulfide) groups is 2. The van der Waals surface area contributed by atoms with Crippen LogP contribution in [0.5, 0.6) is 0 Å². The highest BCUT2D eigenvalue weighted by molar-refractivity contribution is 8.26. The minimum Gasteiger partial charge on any atom is -0.301 e. The van der Waals surface area contributed by atoms with Crippen LogP contribution in [0.15, 0.2) is 51.0 Å². The molecule has 1 aromatic carbocycles. The number of aryl methyl sites for hydroxylation is 1. The summed E-state index contributed by atoms with van der Waals surface area (Å²) in [6.45, 7) is 2.50. The van der Waals surface area contributed by atoms with E-state index < -0.39 is 0 Å². The molecule has 1 N–H and O–H groups in total. The van der Waals surface area contributed by atoms with E-state index in [9.17, 15) is 9.59 Å². The maximum absolute atomic E-state index is 12.6. The lowest BCUT2D eigenvalue weighted by molar-refractivity contribution is -0.122. The molecule has 6 nitrogen and oxygen atoms in total. The first-order valence-corrected chi connectivity index (χ1v) is 14.0. The molecule has 33 heavy (non-hydrogen) atoms. The smallest absolute Gasteiger partial charge is 0.266 e. The minimum atomic E-state index is -0.152. The summed E-state index contributed by atoms with van der Waals surface area (Å²) < 4.78 is 1.34. The second-order valence-corrected chi connectivity index (χ2v) is 11.9. The first kappa shape index (κ1) is 24.1. The number of aromatic nitrogens is 2. The zero-order valence-electron chi connectivity index (χ0n) is 17.6. The molecule has 0 radical (unpaired) electrons. The topological polar surface area (TPSA) is 75.2 Å². The van der Waals surface area contributed by atoms with Gasteiger partial charge in [-0.05, 0) is 42.0 Å². The number of nitrogens with zero attached hydrogens (tertiary/aromatic N) is 3. The van der Waals surface area contributed by atoms with Crippen LogP contribution in [0, 0.1) is 6.92 Å². The SMILES string of the molecule is Cc1ccccc1CSc1nnc(NC(=O)CCCN2C(=O)/C(=C/c3cccs3)SC2=S)s1. The first-order chi connectivity index (χ1) is 16.0. The van der Waals surface area contributed by atoms with Gasteiger partial charge in [0.05, 0.1) is 4.91 Å². The largest absolute Gasteiger partial charge is 0.301 e. The number of hydrogen-bond acceptors (Lipinski definition) is 9. The van der Waals surface area contributed by atoms with Crippen molar-refractivity contribution in [1.82, 2.24) is 15.1 Å². The van der Waals surface area contributed by atoms with E-state index in [4.69, 9.17) is 12.2 Å². The fourth-order valence-corrected chi connectivity index (χ4v) is 6.88. The van der Waals surface area contributed by atoms with Crippen molar-refractivity contribution in [2.75, 3.05) is 11.9 Å². The molecule has 4 rings (SSSR count). The average Bonchev–Trinajstić information content (AvgIpc) is 3.52. The lowest BCUT2D eigenvalue weighted by Gasteiger charge is -2.13. The van der Waals surface area contributed by atoms with Gasteiger partial charge in [-0.1, -0.05) is 77.4 Å². The predicted molar refractivity (Wildman–Crippen MR) is 143 cm³/mol. The van der Waals surface area contributed by atoms with Gasteiger partial charge in [0.2, 0.25) is 11.0 Å². The molecule has 1 aliphatic rings. The van der Waals surface area contributed by atoms with E-state index >= 15 is 0 Å². The van der Waals surface area contributed by atoms with Gasteiger partial charge >= 0.3 is 0 Å². The summed E-state index contributed by atoms with van der Waals surface area (Å²) in [6.07, 6.45) is 2.64. The molecule has 170 valence electrons. The highest BCUT2D eigenvalue weighted by Gasteiger charge is 2.31. The maximum atomic E-state index is 12.6. The van der Waals surface area contributed by atoms with Crippen LogP contribution in [0.4, 0.5) is 5.13 Å². The van der Waals surface area contributed by atoms with Crippen LogP contribution in [-0.2, 0) is 15.3 Å². The number of thiophene rings is 1. The summed E-state index contributed by atoms with van der Waals surface area (Å²) in [7, 11) is 0. The molecule has 0 aliphatic carbocycles. The monoisotopic (exact) mass is 532 g/mol. The number of carbonyl (C=O) groups is 2. The van der Waals surface area contributed by atoms with Crippen molar-refractivity contribution in [1.29, 1.82) is 0 Å². The third-order valence-corrected chi connectivity index (χ3v) is 8.96. The van der Waals surface area contributed by atoms with Crippen molar-refractivity contribution in [3.8, 4) is 0 Å². The Balaban J connectivity index is 1.22. The Hall–Kier alpha value is -2.05. The normalized spacial score (nSPS) is 14.9. The standard InChI is InChI=1S/C22H20N4O2S5/c1-14-6-2-3-7-15(14)13-31-21-25-24-20(33-21)23-18(27)9-4-10-26-19(28)17(32-22(26)29)12-16-8-5-11-30-16/h2-3,5-8,11-12H,4,9-10,13H2,1H3,(H,23,24,27)/b17-12-. The van der Waals surface area contributed by atoms with Crippen LogP contribution in [0.2, 0.25) is 0 Å². The highest BCUT2D eigenvalue weighted by Crippen LogP contribution is 2.33. The molecular weight excluding hydrogens is 513 g/mol. The van der Waals surface area contributed by atoms with Crippen molar-refractivity contribution < 1.29 is 9.59 Å². The zero-order chi connectivity index (χ0) is 23.2. The van der Waals surface area contributed by atoms with E-state index in [-0.39, 0.29) is 18.2 Å². The Morgan fingerprint density at radius 2 is 2.09 bits per heavy atom. The van der Waals surface area contributed by atoms with Crippen LogP contribution < -0.4 is 5.32 Å². The van der Waals surface area contributed by atoms with Crippen molar-refractivity contribution >= 4 is 85.8 Å². The van der Waals surface area contributed by atoms with E-state index in [2.05, 4.69) is 34.6 Å². The van der Waals surface area contributed by atoms with Crippen molar-refractivity contribution in [3.05, 3.63) is 62.7 Å². The van der Waals surface area contributed by atoms with Gasteiger partial charge in [0.25, 0.3) is 5.91 Å². The van der Waals surface area contributed by atoms with Gasteiger partial charge < -0.3 is 5.32 Å². The number of amides is 2. The second kappa shape index (κ2) is 11.4. The Kier molecular flexibility index (Phi) is 8.31. The Morgan fingerprint density at radius 3 is 2.88 bits per heavy atom. The predicted octanol–water partition coefficient (Wildman–Crippen LogP) is 5.82. The quantitative estimate of drug-likeness (QED) is 0.161. The maximum Gasteiger partial charge on any atom is 0.266 e. The molecule has 3 heterocycles. The Bertz CT molecular complexity index is 1190. The zero-order valence-corrected chi connectivity index (χ0v) is 21.7. The van der Waals surface area contributed by atoms with Gasteiger partial charge in [-0.15, -0.1) is 21.5 Å². The Morgan fingerprint density at radius 1 is 1.24 bits per heavy atom. The summed E-state index contributed by atoms with van der Waals surface area (Å²) in [5.74, 6) is 0.555. The van der Waals surface area contributed by atoms with Gasteiger partial charge in [0.1, 0.15) is 4.32 Å². The van der Waals surface area contributed by atoms with Crippen LogP contribution in [0.3, 0.4) is 0 Å². The number of rotatable bonds is 9. The lowest BCUT2D eigenvalue weighted by atomic mass is 10.1. The van der Waals surface area contributed by atoms with Gasteiger partial charge in [0, 0.05) is 23.6 Å². The third-order valence-electron chi connectivity index (χ3n) is 4.74. The van der Waals surface area contributed by atoms with E-state index in [1.165, 1.54) is 34.2 Å². The van der Waals surface area contributed by atoms with Crippen LogP contribution in [0.1, 0.15) is 28.8 Å². The number of nitrogens with one attached hydrogen (secondary N) is 1. The van der Waals surface area contributed by atoms with Crippen LogP contribution >= 0.6 is 58.4 Å². The van der Waals surface area contributed by atoms with Crippen LogP contribution in [-0.4, -0.2) is 37.8 Å². The summed E-state index contributed by atoms with van der Waals surface area (Å²) in [5, 5.41) is 13.5. The van der Waals surface area contributed by atoms with Crippen molar-refractivity contribution in [3.63, 3.8) is 0 Å². The minimum absolute atomic E-state index is 0.0988. The number of thiocarbonyl (C=S) groups is 1. The molecule has 0 unspecified atom stereocenters. The first-order valence-electron chi connectivity index (χ1n) is 10.1.